The van der Waals surface area contributed by atoms with Gasteiger partial charge in [-0.05, 0) is 240 Å². The van der Waals surface area contributed by atoms with Gasteiger partial charge in [-0.15, -0.1) is 0 Å². The van der Waals surface area contributed by atoms with E-state index in [1.165, 1.54) is 0 Å². The quantitative estimate of drug-likeness (QED) is 0.0842. The highest BCUT2D eigenvalue weighted by atomic mass is 16.5. The molecule has 0 amide bonds. The summed E-state index contributed by atoms with van der Waals surface area (Å²) < 4.78 is 19.3. The number of hydrogen-bond acceptors (Lipinski definition) is 8. The zero-order valence-electron chi connectivity index (χ0n) is 53.1. The van der Waals surface area contributed by atoms with Crippen molar-refractivity contribution in [3.8, 4) is 72.9 Å². The summed E-state index contributed by atoms with van der Waals surface area (Å²) in [5.74, 6) is -3.98. The number of rotatable bonds is 13. The van der Waals surface area contributed by atoms with Crippen molar-refractivity contribution in [1.29, 1.82) is 0 Å². The van der Waals surface area contributed by atoms with Gasteiger partial charge in [0.25, 0.3) is 0 Å². The Kier molecular flexibility index (Phi) is 17.9. The Bertz CT molecular complexity index is 4880. The van der Waals surface area contributed by atoms with Crippen LogP contribution < -0.4 is 14.2 Å². The molecular weight excluding hydrogens is 1220 g/mol. The van der Waals surface area contributed by atoms with Crippen molar-refractivity contribution < 1.29 is 48.4 Å². The van der Waals surface area contributed by atoms with Gasteiger partial charge in [0.1, 0.15) is 17.2 Å². The standard InChI is InChI=1S/C88H62O10/c89-84(90)79-66-41-61(56-25-9-1-10-26-56)43-68(79)52-70-45-63(58-29-13-3-14-30-58)47-72(81(70)86(93)96-76-35-19-6-20-36-76)54-74-49-65(60-33-17-5-18-34-60)50-75(83(74)88(95)98-78-39-23-8-24-40-78)55-73-48-64(59-31-15-4-16-32-59)46-71(82(73)87(94)97-77-37-21-7-22-38-77)53-69-44-62(57-27-11-2-12-28-57)42-67(51-66)80(69)85(91)92/h1-50H,51-55H2,(H,89,90)(H,91,92). The zero-order chi connectivity index (χ0) is 67.1. The van der Waals surface area contributed by atoms with Gasteiger partial charge in [0.15, 0.2) is 0 Å². The SMILES string of the molecule is O=C(O)c1c2cc(-c3ccccc3)cc1Cc1cc(-c3ccccc3)cc(c1C(=O)Oc1ccccc1)Cc1cc(-c3ccccc3)cc(c1C(=O)Oc1ccccc1)Cc1cc(-c3ccccc3)cc(c1C(=O)Oc1ccccc1)Cc1cc(-c3ccccc3)cc(c1C(=O)O)C2. The molecule has 0 saturated heterocycles. The third-order valence-electron chi connectivity index (χ3n) is 17.8. The molecule has 14 rings (SSSR count). The normalized spacial score (nSPS) is 11.8. The van der Waals surface area contributed by atoms with Crippen LogP contribution in [0.5, 0.6) is 17.2 Å². The first-order valence-electron chi connectivity index (χ1n) is 32.3. The van der Waals surface area contributed by atoms with E-state index in [4.69, 9.17) is 14.2 Å². The lowest BCUT2D eigenvalue weighted by molar-refractivity contribution is 0.0685. The number of carboxylic acids is 2. The predicted octanol–water partition coefficient (Wildman–Crippen LogP) is 19.3. The Labute approximate surface area is 566 Å². The van der Waals surface area contributed by atoms with Gasteiger partial charge in [0.05, 0.1) is 27.8 Å². The van der Waals surface area contributed by atoms with Gasteiger partial charge in [-0.3, -0.25) is 0 Å². The van der Waals surface area contributed by atoms with E-state index in [2.05, 4.69) is 0 Å². The van der Waals surface area contributed by atoms with Crippen LogP contribution in [0, 0.1) is 0 Å². The smallest absolute Gasteiger partial charge is 0.344 e. The van der Waals surface area contributed by atoms with Crippen molar-refractivity contribution in [3.63, 3.8) is 0 Å². The van der Waals surface area contributed by atoms with E-state index >= 15 is 14.4 Å². The molecule has 0 heterocycles. The number of carbonyl (C=O) groups excluding carboxylic acids is 3. The highest BCUT2D eigenvalue weighted by Gasteiger charge is 2.32. The van der Waals surface area contributed by atoms with Crippen LogP contribution in [0.15, 0.2) is 303 Å². The first kappa shape index (κ1) is 62.6. The number of aromatic carboxylic acids is 2. The first-order chi connectivity index (χ1) is 47.9. The summed E-state index contributed by atoms with van der Waals surface area (Å²) in [4.78, 5) is 77.1. The van der Waals surface area contributed by atoms with Crippen LogP contribution in [-0.4, -0.2) is 40.1 Å². The van der Waals surface area contributed by atoms with E-state index < -0.39 is 29.8 Å². The van der Waals surface area contributed by atoms with Gasteiger partial charge < -0.3 is 24.4 Å². The van der Waals surface area contributed by atoms with Crippen LogP contribution in [0.2, 0.25) is 0 Å². The molecular formula is C88H62O10. The Hall–Kier alpha value is -12.8. The summed E-state index contributed by atoms with van der Waals surface area (Å²) in [7, 11) is 0. The minimum Gasteiger partial charge on any atom is -0.478 e. The highest BCUT2D eigenvalue weighted by molar-refractivity contribution is 6.01. The van der Waals surface area contributed by atoms with Crippen LogP contribution in [0.4, 0.5) is 0 Å². The second kappa shape index (κ2) is 28.0. The van der Waals surface area contributed by atoms with E-state index in [9.17, 15) is 19.8 Å². The van der Waals surface area contributed by atoms with Crippen molar-refractivity contribution in [2.75, 3.05) is 0 Å². The topological polar surface area (TPSA) is 154 Å². The van der Waals surface area contributed by atoms with Gasteiger partial charge >= 0.3 is 29.8 Å². The molecule has 10 nitrogen and oxygen atoms in total. The molecule has 13 aromatic carbocycles. The Morgan fingerprint density at radius 1 is 0.204 bits per heavy atom. The molecule has 0 atom stereocenters. The van der Waals surface area contributed by atoms with Crippen molar-refractivity contribution >= 4 is 29.8 Å². The number of fused-ring (bicyclic) bond motifs is 10. The Balaban J connectivity index is 1.15. The van der Waals surface area contributed by atoms with E-state index in [0.717, 1.165) is 27.8 Å². The fourth-order valence-corrected chi connectivity index (χ4v) is 13.5. The van der Waals surface area contributed by atoms with Crippen molar-refractivity contribution in [3.05, 3.63) is 387 Å². The summed E-state index contributed by atoms with van der Waals surface area (Å²) in [5.41, 5.74) is 11.3. The Morgan fingerprint density at radius 2 is 0.357 bits per heavy atom. The molecule has 0 unspecified atom stereocenters. The van der Waals surface area contributed by atoms with Gasteiger partial charge in [0, 0.05) is 0 Å². The highest BCUT2D eigenvalue weighted by Crippen LogP contribution is 2.41. The van der Waals surface area contributed by atoms with Crippen LogP contribution in [-0.2, 0) is 32.1 Å². The van der Waals surface area contributed by atoms with Crippen LogP contribution >= 0.6 is 0 Å². The van der Waals surface area contributed by atoms with E-state index in [1.807, 2.05) is 231 Å². The van der Waals surface area contributed by atoms with Crippen LogP contribution in [0.1, 0.15) is 107 Å². The third kappa shape index (κ3) is 13.6. The monoisotopic (exact) mass is 1280 g/mol. The lowest BCUT2D eigenvalue weighted by atomic mass is 9.81. The largest absolute Gasteiger partial charge is 0.478 e. The number of hydrogen-bond donors (Lipinski definition) is 2. The third-order valence-corrected chi connectivity index (χ3v) is 17.8. The summed E-state index contributed by atoms with van der Waals surface area (Å²) in [6.07, 6.45) is -0.629. The molecule has 13 aromatic rings. The summed E-state index contributed by atoms with van der Waals surface area (Å²) >= 11 is 0. The van der Waals surface area contributed by atoms with E-state index in [1.54, 1.807) is 72.8 Å². The minimum atomic E-state index is -1.28. The van der Waals surface area contributed by atoms with Crippen LogP contribution in [0.3, 0.4) is 0 Å². The van der Waals surface area contributed by atoms with Crippen LogP contribution in [0.25, 0.3) is 55.6 Å². The molecule has 98 heavy (non-hydrogen) atoms. The molecule has 0 saturated carbocycles. The lowest BCUT2D eigenvalue weighted by Gasteiger charge is -2.23. The Morgan fingerprint density at radius 3 is 0.520 bits per heavy atom. The fraction of sp³-hybridized carbons (Fsp3) is 0.0568. The molecule has 2 N–H and O–H groups in total. The van der Waals surface area contributed by atoms with Crippen molar-refractivity contribution in [2.45, 2.75) is 32.1 Å². The second-order valence-corrected chi connectivity index (χ2v) is 24.3. The summed E-state index contributed by atoms with van der Waals surface area (Å²) in [6.45, 7) is 0. The predicted molar refractivity (Wildman–Crippen MR) is 382 cm³/mol. The molecule has 0 radical (unpaired) electrons. The number of benzene rings is 13. The molecule has 0 aromatic heterocycles. The van der Waals surface area contributed by atoms with E-state index in [-0.39, 0.29) is 77.2 Å². The summed E-state index contributed by atoms with van der Waals surface area (Å²) in [5, 5.41) is 23.9. The van der Waals surface area contributed by atoms with Crippen molar-refractivity contribution in [1.82, 2.24) is 0 Å². The molecule has 0 spiro atoms. The molecule has 474 valence electrons. The number of carboxylic acid groups (broad SMARTS) is 2. The van der Waals surface area contributed by atoms with E-state index in [0.29, 0.717) is 83.5 Å². The molecule has 1 aliphatic rings. The molecule has 10 bridgehead atoms. The maximum atomic E-state index is 16.0. The number of ether oxygens (including phenoxy) is 3. The van der Waals surface area contributed by atoms with Gasteiger partial charge in [-0.1, -0.05) is 206 Å². The fourth-order valence-electron chi connectivity index (χ4n) is 13.5. The second-order valence-electron chi connectivity index (χ2n) is 24.3. The number of esters is 3. The first-order valence-corrected chi connectivity index (χ1v) is 32.3. The maximum Gasteiger partial charge on any atom is 0.344 e. The maximum absolute atomic E-state index is 16.0. The average Bonchev–Trinajstić information content (AvgIpc) is 0.764. The van der Waals surface area contributed by atoms with Gasteiger partial charge in [0.2, 0.25) is 0 Å². The van der Waals surface area contributed by atoms with Crippen molar-refractivity contribution in [2.24, 2.45) is 0 Å². The lowest BCUT2D eigenvalue weighted by Crippen LogP contribution is -2.20. The molecule has 0 aliphatic heterocycles. The molecule has 1 aliphatic carbocycles. The van der Waals surface area contributed by atoms with Gasteiger partial charge in [-0.2, -0.15) is 0 Å². The average molecular weight is 1280 g/mol. The zero-order valence-corrected chi connectivity index (χ0v) is 53.1. The molecule has 0 fully saturated rings. The van der Waals surface area contributed by atoms with Gasteiger partial charge in [-0.25, -0.2) is 24.0 Å². The minimum absolute atomic E-state index is 0.0878. The number of para-hydroxylation sites is 3. The number of carbonyl (C=O) groups is 5. The summed E-state index contributed by atoms with van der Waals surface area (Å²) in [6, 6.07) is 93.1. The molecule has 10 heteroatoms.